The Hall–Kier alpha value is -1.10. The maximum Gasteiger partial charge on any atom is 0.119 e. The van der Waals surface area contributed by atoms with Crippen LogP contribution in [0.2, 0.25) is 0 Å². The van der Waals surface area contributed by atoms with Gasteiger partial charge in [-0.2, -0.15) is 0 Å². The fraction of sp³-hybridized carbons (Fsp3) is 0.714. The lowest BCUT2D eigenvalue weighted by Crippen LogP contribution is -2.66. The molecule has 2 heterocycles. The number of hydrogen-bond donors (Lipinski definition) is 1. The zero-order valence-electron chi connectivity index (χ0n) is 15.7. The van der Waals surface area contributed by atoms with Crippen LogP contribution in [0.15, 0.2) is 24.3 Å². The van der Waals surface area contributed by atoms with E-state index in [-0.39, 0.29) is 5.41 Å². The highest BCUT2D eigenvalue weighted by Gasteiger charge is 2.59. The van der Waals surface area contributed by atoms with E-state index < -0.39 is 0 Å². The summed E-state index contributed by atoms with van der Waals surface area (Å²) in [6.07, 6.45) is 3.90. The summed E-state index contributed by atoms with van der Waals surface area (Å²) in [6.45, 7) is 9.46. The summed E-state index contributed by atoms with van der Waals surface area (Å²) in [7, 11) is 0. The van der Waals surface area contributed by atoms with E-state index in [4.69, 9.17) is 14.2 Å². The summed E-state index contributed by atoms with van der Waals surface area (Å²) < 4.78 is 17.4. The molecular formula is C21H31NO3. The molecule has 0 unspecified atom stereocenters. The summed E-state index contributed by atoms with van der Waals surface area (Å²) in [5, 5.41) is 3.86. The van der Waals surface area contributed by atoms with Crippen LogP contribution in [0.1, 0.15) is 51.6 Å². The molecule has 2 saturated heterocycles. The van der Waals surface area contributed by atoms with Gasteiger partial charge in [-0.25, -0.2) is 0 Å². The molecule has 1 aliphatic carbocycles. The van der Waals surface area contributed by atoms with E-state index in [9.17, 15) is 0 Å². The number of hydrogen-bond acceptors (Lipinski definition) is 4. The molecule has 0 amide bonds. The van der Waals surface area contributed by atoms with Gasteiger partial charge < -0.3 is 19.5 Å². The number of benzene rings is 1. The summed E-state index contributed by atoms with van der Waals surface area (Å²) >= 11 is 0. The second kappa shape index (κ2) is 6.90. The molecule has 0 aromatic heterocycles. The highest BCUT2D eigenvalue weighted by molar-refractivity contribution is 5.29. The Kier molecular flexibility index (Phi) is 4.78. The Bertz CT molecular complexity index is 579. The van der Waals surface area contributed by atoms with Crippen LogP contribution in [0.5, 0.6) is 5.75 Å². The van der Waals surface area contributed by atoms with E-state index >= 15 is 0 Å². The Morgan fingerprint density at radius 2 is 1.80 bits per heavy atom. The highest BCUT2D eigenvalue weighted by Crippen LogP contribution is 2.52. The van der Waals surface area contributed by atoms with Gasteiger partial charge in [-0.05, 0) is 31.0 Å². The van der Waals surface area contributed by atoms with Gasteiger partial charge in [0.05, 0.1) is 19.3 Å². The van der Waals surface area contributed by atoms with Gasteiger partial charge >= 0.3 is 0 Å². The molecule has 4 heteroatoms. The van der Waals surface area contributed by atoms with E-state index in [2.05, 4.69) is 50.4 Å². The molecule has 1 saturated carbocycles. The lowest BCUT2D eigenvalue weighted by molar-refractivity contribution is -0.115. The largest absolute Gasteiger partial charge is 0.490 e. The van der Waals surface area contributed by atoms with Crippen molar-refractivity contribution in [3.63, 3.8) is 0 Å². The average molecular weight is 345 g/mol. The first-order valence-electron chi connectivity index (χ1n) is 9.78. The third-order valence-corrected chi connectivity index (χ3v) is 6.38. The molecule has 4 atom stereocenters. The Labute approximate surface area is 151 Å². The minimum Gasteiger partial charge on any atom is -0.490 e. The van der Waals surface area contributed by atoms with E-state index in [1.165, 1.54) is 12.0 Å². The minimum atomic E-state index is 0.224. The van der Waals surface area contributed by atoms with Crippen molar-refractivity contribution >= 4 is 0 Å². The molecule has 0 radical (unpaired) electrons. The topological polar surface area (TPSA) is 39.7 Å². The van der Waals surface area contributed by atoms with Gasteiger partial charge in [0.2, 0.25) is 0 Å². The maximum atomic E-state index is 6.08. The van der Waals surface area contributed by atoms with Crippen molar-refractivity contribution in [3.8, 4) is 5.75 Å². The molecular weight excluding hydrogens is 314 g/mol. The first-order valence-corrected chi connectivity index (χ1v) is 9.78. The lowest BCUT2D eigenvalue weighted by Gasteiger charge is -2.55. The molecule has 138 valence electrons. The second-order valence-corrected chi connectivity index (χ2v) is 8.43. The van der Waals surface area contributed by atoms with Crippen LogP contribution >= 0.6 is 0 Å². The Morgan fingerprint density at radius 3 is 2.52 bits per heavy atom. The molecule has 0 bridgehead atoms. The number of nitrogens with one attached hydrogen (secondary N) is 1. The normalized spacial score (nSPS) is 32.7. The molecule has 3 fully saturated rings. The SMILES string of the molecule is C[C@H](N[C@@H]1[C@H]2CCO[C@H]2C1(C)C)c1ccc(OC2CCOCC2)cc1. The summed E-state index contributed by atoms with van der Waals surface area (Å²) in [5.74, 6) is 1.64. The average Bonchev–Trinajstić information content (AvgIpc) is 3.08. The lowest BCUT2D eigenvalue weighted by atomic mass is 9.57. The van der Waals surface area contributed by atoms with Gasteiger partial charge in [0.15, 0.2) is 0 Å². The van der Waals surface area contributed by atoms with Crippen LogP contribution in [0.4, 0.5) is 0 Å². The van der Waals surface area contributed by atoms with Gasteiger partial charge in [0, 0.05) is 42.9 Å². The van der Waals surface area contributed by atoms with Crippen molar-refractivity contribution < 1.29 is 14.2 Å². The molecule has 3 aliphatic rings. The van der Waals surface area contributed by atoms with Crippen LogP contribution in [0, 0.1) is 11.3 Å². The van der Waals surface area contributed by atoms with Crippen LogP contribution in [0.3, 0.4) is 0 Å². The van der Waals surface area contributed by atoms with E-state index in [0.717, 1.165) is 38.4 Å². The van der Waals surface area contributed by atoms with E-state index in [1.54, 1.807) is 0 Å². The van der Waals surface area contributed by atoms with Crippen molar-refractivity contribution in [2.75, 3.05) is 19.8 Å². The first-order chi connectivity index (χ1) is 12.1. The zero-order chi connectivity index (χ0) is 17.4. The van der Waals surface area contributed by atoms with Gasteiger partial charge in [-0.15, -0.1) is 0 Å². The molecule has 4 rings (SSSR count). The van der Waals surface area contributed by atoms with Crippen LogP contribution in [-0.2, 0) is 9.47 Å². The highest BCUT2D eigenvalue weighted by atomic mass is 16.5. The first kappa shape index (κ1) is 17.3. The fourth-order valence-electron chi connectivity index (χ4n) is 4.85. The van der Waals surface area contributed by atoms with Crippen molar-refractivity contribution in [2.45, 2.75) is 64.3 Å². The Balaban J connectivity index is 1.35. The predicted octanol–water partition coefficient (Wildman–Crippen LogP) is 3.71. The smallest absolute Gasteiger partial charge is 0.119 e. The van der Waals surface area contributed by atoms with Gasteiger partial charge in [-0.3, -0.25) is 0 Å². The van der Waals surface area contributed by atoms with Crippen molar-refractivity contribution in [2.24, 2.45) is 11.3 Å². The molecule has 2 aliphatic heterocycles. The molecule has 1 N–H and O–H groups in total. The van der Waals surface area contributed by atoms with Gasteiger partial charge in [0.1, 0.15) is 11.9 Å². The number of rotatable bonds is 5. The van der Waals surface area contributed by atoms with E-state index in [1.807, 2.05) is 0 Å². The maximum absolute atomic E-state index is 6.08. The van der Waals surface area contributed by atoms with E-state index in [0.29, 0.717) is 30.2 Å². The van der Waals surface area contributed by atoms with Crippen LogP contribution in [0.25, 0.3) is 0 Å². The number of ether oxygens (including phenoxy) is 3. The number of fused-ring (bicyclic) bond motifs is 1. The predicted molar refractivity (Wildman–Crippen MR) is 97.9 cm³/mol. The molecule has 4 nitrogen and oxygen atoms in total. The summed E-state index contributed by atoms with van der Waals surface area (Å²) in [5.41, 5.74) is 1.54. The van der Waals surface area contributed by atoms with Gasteiger partial charge in [-0.1, -0.05) is 26.0 Å². The third kappa shape index (κ3) is 3.32. The van der Waals surface area contributed by atoms with Crippen LogP contribution < -0.4 is 10.1 Å². The molecule has 0 spiro atoms. The molecule has 25 heavy (non-hydrogen) atoms. The minimum absolute atomic E-state index is 0.224. The van der Waals surface area contributed by atoms with Crippen molar-refractivity contribution in [1.29, 1.82) is 0 Å². The van der Waals surface area contributed by atoms with Crippen molar-refractivity contribution in [1.82, 2.24) is 5.32 Å². The Morgan fingerprint density at radius 1 is 1.08 bits per heavy atom. The third-order valence-electron chi connectivity index (χ3n) is 6.38. The second-order valence-electron chi connectivity index (χ2n) is 8.43. The summed E-state index contributed by atoms with van der Waals surface area (Å²) in [6, 6.07) is 9.48. The molecule has 1 aromatic carbocycles. The zero-order valence-corrected chi connectivity index (χ0v) is 15.7. The standard InChI is InChI=1S/C21H31NO3/c1-14(22-19-18-10-13-24-20(18)21(19,2)3)15-4-6-16(7-5-15)25-17-8-11-23-12-9-17/h4-7,14,17-20,22H,8-13H2,1-3H3/t14-,18+,19+,20+/m0/s1. The van der Waals surface area contributed by atoms with Crippen molar-refractivity contribution in [3.05, 3.63) is 29.8 Å². The monoisotopic (exact) mass is 345 g/mol. The molecule has 1 aromatic rings. The van der Waals surface area contributed by atoms with Crippen LogP contribution in [-0.4, -0.2) is 38.1 Å². The summed E-state index contributed by atoms with van der Waals surface area (Å²) in [4.78, 5) is 0. The quantitative estimate of drug-likeness (QED) is 0.883. The fourth-order valence-corrected chi connectivity index (χ4v) is 4.85. The van der Waals surface area contributed by atoms with Gasteiger partial charge in [0.25, 0.3) is 0 Å².